The summed E-state index contributed by atoms with van der Waals surface area (Å²) in [5.41, 5.74) is 0. The highest BCUT2D eigenvalue weighted by atomic mass is 16.5. The zero-order valence-electron chi connectivity index (χ0n) is 12.6. The van der Waals surface area contributed by atoms with Crippen LogP contribution in [0.3, 0.4) is 0 Å². The van der Waals surface area contributed by atoms with Crippen LogP contribution in [-0.4, -0.2) is 53.1 Å². The first-order chi connectivity index (χ1) is 9.24. The molecule has 0 aliphatic rings. The number of hydrogen-bond acceptors (Lipinski definition) is 4. The summed E-state index contributed by atoms with van der Waals surface area (Å²) in [5, 5.41) is 2.89. The van der Waals surface area contributed by atoms with Gasteiger partial charge in [-0.3, -0.25) is 4.79 Å². The fourth-order valence-electron chi connectivity index (χ4n) is 1.72. The van der Waals surface area contributed by atoms with Crippen LogP contribution in [0.15, 0.2) is 0 Å². The third-order valence-corrected chi connectivity index (χ3v) is 2.73. The van der Waals surface area contributed by atoms with Crippen LogP contribution >= 0.6 is 0 Å². The highest BCUT2D eigenvalue weighted by molar-refractivity contribution is 5.75. The summed E-state index contributed by atoms with van der Waals surface area (Å²) in [7, 11) is 3.32. The van der Waals surface area contributed by atoms with Crippen LogP contribution < -0.4 is 5.32 Å². The Morgan fingerprint density at radius 3 is 2.37 bits per heavy atom. The molecule has 0 aromatic carbocycles. The van der Waals surface area contributed by atoms with Crippen LogP contribution in [-0.2, 0) is 19.0 Å². The molecular formula is C14H29NO4. The molecule has 0 radical (unpaired) electrons. The second-order valence-electron chi connectivity index (χ2n) is 4.66. The van der Waals surface area contributed by atoms with E-state index in [1.807, 2.05) is 0 Å². The van der Waals surface area contributed by atoms with E-state index in [-0.39, 0.29) is 11.8 Å². The van der Waals surface area contributed by atoms with E-state index in [2.05, 4.69) is 12.2 Å². The Morgan fingerprint density at radius 1 is 1.11 bits per heavy atom. The number of hydrogen-bond donors (Lipinski definition) is 1. The molecule has 0 atom stereocenters. The molecule has 0 aliphatic heterocycles. The number of unbranched alkanes of at least 4 members (excludes halogenated alkanes) is 2. The summed E-state index contributed by atoms with van der Waals surface area (Å²) in [5.74, 6) is 0.286. The summed E-state index contributed by atoms with van der Waals surface area (Å²) in [6, 6.07) is 0. The molecule has 0 aromatic heterocycles. The van der Waals surface area contributed by atoms with Gasteiger partial charge in [0.1, 0.15) is 0 Å². The zero-order valence-corrected chi connectivity index (χ0v) is 12.6. The molecule has 0 aromatic rings. The number of carbonyl (C=O) groups is 1. The van der Waals surface area contributed by atoms with E-state index in [1.54, 1.807) is 14.2 Å². The van der Waals surface area contributed by atoms with Gasteiger partial charge in [-0.1, -0.05) is 19.8 Å². The minimum atomic E-state index is 0.0612. The molecule has 0 bridgehead atoms. The van der Waals surface area contributed by atoms with E-state index in [9.17, 15) is 4.79 Å². The zero-order chi connectivity index (χ0) is 14.3. The van der Waals surface area contributed by atoms with Gasteiger partial charge < -0.3 is 19.5 Å². The van der Waals surface area contributed by atoms with Crippen molar-refractivity contribution in [2.75, 3.05) is 47.2 Å². The summed E-state index contributed by atoms with van der Waals surface area (Å²) in [4.78, 5) is 11.5. The molecule has 5 heteroatoms. The molecule has 0 saturated carbocycles. The Hall–Kier alpha value is -0.650. The topological polar surface area (TPSA) is 56.8 Å². The van der Waals surface area contributed by atoms with Crippen molar-refractivity contribution in [2.24, 2.45) is 5.92 Å². The summed E-state index contributed by atoms with van der Waals surface area (Å²) >= 11 is 0. The number of carbonyl (C=O) groups excluding carboxylic acids is 1. The van der Waals surface area contributed by atoms with Crippen LogP contribution in [0.2, 0.25) is 0 Å². The lowest BCUT2D eigenvalue weighted by molar-refractivity contribution is -0.122. The number of rotatable bonds is 13. The van der Waals surface area contributed by atoms with Crippen molar-refractivity contribution >= 4 is 5.91 Å². The fourth-order valence-corrected chi connectivity index (χ4v) is 1.72. The maximum atomic E-state index is 11.5. The molecule has 0 aliphatic carbocycles. The first-order valence-electron chi connectivity index (χ1n) is 7.06. The van der Waals surface area contributed by atoms with E-state index in [0.29, 0.717) is 32.8 Å². The maximum absolute atomic E-state index is 11.5. The van der Waals surface area contributed by atoms with Crippen molar-refractivity contribution in [3.8, 4) is 0 Å². The highest BCUT2D eigenvalue weighted by Crippen LogP contribution is 1.99. The maximum Gasteiger partial charge on any atom is 0.222 e. The van der Waals surface area contributed by atoms with Crippen molar-refractivity contribution in [3.63, 3.8) is 0 Å². The van der Waals surface area contributed by atoms with E-state index >= 15 is 0 Å². The van der Waals surface area contributed by atoms with Gasteiger partial charge in [-0.25, -0.2) is 0 Å². The lowest BCUT2D eigenvalue weighted by Gasteiger charge is -2.15. The molecular weight excluding hydrogens is 246 g/mol. The van der Waals surface area contributed by atoms with E-state index in [1.165, 1.54) is 6.42 Å². The molecule has 0 fully saturated rings. The van der Waals surface area contributed by atoms with Crippen LogP contribution in [0.4, 0.5) is 0 Å². The Labute approximate surface area is 117 Å². The van der Waals surface area contributed by atoms with Gasteiger partial charge in [0.15, 0.2) is 0 Å². The molecule has 19 heavy (non-hydrogen) atoms. The Kier molecular flexibility index (Phi) is 13.3. The monoisotopic (exact) mass is 275 g/mol. The van der Waals surface area contributed by atoms with Crippen molar-refractivity contribution in [2.45, 2.75) is 32.6 Å². The van der Waals surface area contributed by atoms with Crippen molar-refractivity contribution in [3.05, 3.63) is 0 Å². The largest absolute Gasteiger partial charge is 0.384 e. The van der Waals surface area contributed by atoms with Gasteiger partial charge >= 0.3 is 0 Å². The van der Waals surface area contributed by atoms with Crippen molar-refractivity contribution in [1.82, 2.24) is 5.32 Å². The normalized spacial score (nSPS) is 10.9. The van der Waals surface area contributed by atoms with Gasteiger partial charge in [0.2, 0.25) is 5.91 Å². The molecule has 0 rings (SSSR count). The minimum absolute atomic E-state index is 0.0612. The second kappa shape index (κ2) is 13.8. The molecule has 5 nitrogen and oxygen atoms in total. The Bertz CT molecular complexity index is 206. The van der Waals surface area contributed by atoms with Crippen LogP contribution in [0, 0.1) is 5.92 Å². The Morgan fingerprint density at radius 2 is 1.79 bits per heavy atom. The SMILES string of the molecule is CCCCCNC(=O)CCOCC(COC)COC. The average Bonchev–Trinajstić information content (AvgIpc) is 2.40. The molecule has 0 saturated heterocycles. The predicted octanol–water partition coefficient (Wildman–Crippen LogP) is 1.61. The smallest absolute Gasteiger partial charge is 0.222 e. The quantitative estimate of drug-likeness (QED) is 0.519. The Balaban J connectivity index is 3.47. The van der Waals surface area contributed by atoms with Crippen LogP contribution in [0.1, 0.15) is 32.6 Å². The standard InChI is InChI=1S/C14H29NO4/c1-4-5-6-8-15-14(16)7-9-19-12-13(10-17-2)11-18-3/h13H,4-12H2,1-3H3,(H,15,16). The fraction of sp³-hybridized carbons (Fsp3) is 0.929. The predicted molar refractivity (Wildman–Crippen MR) is 75.2 cm³/mol. The van der Waals surface area contributed by atoms with Crippen molar-refractivity contribution in [1.29, 1.82) is 0 Å². The molecule has 1 N–H and O–H groups in total. The van der Waals surface area contributed by atoms with Crippen molar-refractivity contribution < 1.29 is 19.0 Å². The third-order valence-electron chi connectivity index (χ3n) is 2.73. The lowest BCUT2D eigenvalue weighted by Crippen LogP contribution is -2.26. The first kappa shape index (κ1) is 18.4. The highest BCUT2D eigenvalue weighted by Gasteiger charge is 2.09. The molecule has 114 valence electrons. The minimum Gasteiger partial charge on any atom is -0.384 e. The van der Waals surface area contributed by atoms with Crippen LogP contribution in [0.5, 0.6) is 0 Å². The summed E-state index contributed by atoms with van der Waals surface area (Å²) < 4.78 is 15.6. The van der Waals surface area contributed by atoms with E-state index in [4.69, 9.17) is 14.2 Å². The van der Waals surface area contributed by atoms with Gasteiger partial charge in [-0.15, -0.1) is 0 Å². The number of nitrogens with one attached hydrogen (secondary N) is 1. The molecule has 1 amide bonds. The lowest BCUT2D eigenvalue weighted by atomic mass is 10.2. The average molecular weight is 275 g/mol. The van der Waals surface area contributed by atoms with E-state index < -0.39 is 0 Å². The number of ether oxygens (including phenoxy) is 3. The molecule has 0 spiro atoms. The molecule has 0 heterocycles. The van der Waals surface area contributed by atoms with Gasteiger partial charge in [0.25, 0.3) is 0 Å². The second-order valence-corrected chi connectivity index (χ2v) is 4.66. The first-order valence-corrected chi connectivity index (χ1v) is 7.06. The summed E-state index contributed by atoms with van der Waals surface area (Å²) in [6.07, 6.45) is 3.79. The summed E-state index contributed by atoms with van der Waals surface area (Å²) in [6.45, 7) is 5.14. The van der Waals surface area contributed by atoms with Crippen LogP contribution in [0.25, 0.3) is 0 Å². The van der Waals surface area contributed by atoms with Gasteiger partial charge in [0, 0.05) is 33.1 Å². The molecule has 0 unspecified atom stereocenters. The number of methoxy groups -OCH3 is 2. The third kappa shape index (κ3) is 12.1. The van der Waals surface area contributed by atoms with Gasteiger partial charge in [-0.05, 0) is 6.42 Å². The van der Waals surface area contributed by atoms with Gasteiger partial charge in [-0.2, -0.15) is 0 Å². The van der Waals surface area contributed by atoms with Gasteiger partial charge in [0.05, 0.1) is 26.4 Å². The number of amides is 1. The van der Waals surface area contributed by atoms with E-state index in [0.717, 1.165) is 19.4 Å².